The first-order valence-corrected chi connectivity index (χ1v) is 5.46. The molecule has 1 rings (SSSR count). The van der Waals surface area contributed by atoms with E-state index in [0.717, 1.165) is 0 Å². The number of amides is 1. The summed E-state index contributed by atoms with van der Waals surface area (Å²) in [6, 6.07) is 4.11. The highest BCUT2D eigenvalue weighted by molar-refractivity contribution is 5.80. The van der Waals surface area contributed by atoms with E-state index in [1.54, 1.807) is 17.9 Å². The van der Waals surface area contributed by atoms with Crippen molar-refractivity contribution in [3.8, 4) is 0 Å². The van der Waals surface area contributed by atoms with Gasteiger partial charge in [-0.2, -0.15) is 0 Å². The molecule has 0 fully saturated rings. The molecule has 0 radical (unpaired) electrons. The van der Waals surface area contributed by atoms with Crippen molar-refractivity contribution in [2.45, 2.75) is 20.0 Å². The molecule has 0 unspecified atom stereocenters. The van der Waals surface area contributed by atoms with Crippen molar-refractivity contribution >= 4 is 11.6 Å². The third kappa shape index (κ3) is 3.42. The van der Waals surface area contributed by atoms with Gasteiger partial charge in [0.15, 0.2) is 0 Å². The van der Waals surface area contributed by atoms with Crippen LogP contribution in [0.3, 0.4) is 0 Å². The fraction of sp³-hybridized carbons (Fsp3) is 0.417. The second-order valence-corrected chi connectivity index (χ2v) is 3.86. The number of rotatable bonds is 5. The number of anilines is 1. The lowest BCUT2D eigenvalue weighted by Crippen LogP contribution is -2.34. The quantitative estimate of drug-likeness (QED) is 0.812. The van der Waals surface area contributed by atoms with Gasteiger partial charge in [0, 0.05) is 17.8 Å². The third-order valence-corrected chi connectivity index (χ3v) is 2.51. The fourth-order valence-electron chi connectivity index (χ4n) is 1.70. The first-order chi connectivity index (χ1) is 7.95. The summed E-state index contributed by atoms with van der Waals surface area (Å²) in [5.74, 6) is -0.882. The number of hydrogen-bond acceptors (Lipinski definition) is 3. The number of halogens is 1. The molecule has 0 heterocycles. The Balaban J connectivity index is 3.13. The van der Waals surface area contributed by atoms with Gasteiger partial charge in [-0.1, -0.05) is 0 Å². The standard InChI is InChI=1S/C12H17FN2O2/c1-3-15(7-12(14)17)11-5-4-9(13)6-10(11)8(2)16/h4-6,8,16H,3,7H2,1-2H3,(H2,14,17)/t8-/m0/s1. The minimum absolute atomic E-state index is 0.0435. The van der Waals surface area contributed by atoms with Gasteiger partial charge in [0.05, 0.1) is 12.6 Å². The Labute approximate surface area is 99.8 Å². The third-order valence-electron chi connectivity index (χ3n) is 2.51. The molecule has 0 aliphatic rings. The van der Waals surface area contributed by atoms with Crippen LogP contribution in [0.4, 0.5) is 10.1 Å². The summed E-state index contributed by atoms with van der Waals surface area (Å²) in [5.41, 5.74) is 6.22. The summed E-state index contributed by atoms with van der Waals surface area (Å²) in [6.07, 6.45) is -0.803. The van der Waals surface area contributed by atoms with E-state index >= 15 is 0 Å². The van der Waals surface area contributed by atoms with Crippen LogP contribution in [0.2, 0.25) is 0 Å². The van der Waals surface area contributed by atoms with Gasteiger partial charge in [0.1, 0.15) is 5.82 Å². The summed E-state index contributed by atoms with van der Waals surface area (Å²) in [5, 5.41) is 9.60. The zero-order valence-corrected chi connectivity index (χ0v) is 9.98. The van der Waals surface area contributed by atoms with Crippen LogP contribution in [-0.4, -0.2) is 24.1 Å². The maximum Gasteiger partial charge on any atom is 0.236 e. The molecular weight excluding hydrogens is 223 g/mol. The molecule has 0 saturated carbocycles. The lowest BCUT2D eigenvalue weighted by molar-refractivity contribution is -0.116. The molecule has 1 aromatic carbocycles. The fourth-order valence-corrected chi connectivity index (χ4v) is 1.70. The van der Waals surface area contributed by atoms with E-state index in [2.05, 4.69) is 0 Å². The zero-order chi connectivity index (χ0) is 13.0. The molecular formula is C12H17FN2O2. The molecule has 1 aromatic rings. The van der Waals surface area contributed by atoms with Crippen LogP contribution in [-0.2, 0) is 4.79 Å². The van der Waals surface area contributed by atoms with Crippen molar-refractivity contribution in [1.29, 1.82) is 0 Å². The SMILES string of the molecule is CCN(CC(N)=O)c1ccc(F)cc1[C@H](C)O. The number of benzene rings is 1. The Morgan fingerprint density at radius 2 is 2.24 bits per heavy atom. The number of carbonyl (C=O) groups excluding carboxylic acids is 1. The second-order valence-electron chi connectivity index (χ2n) is 3.86. The van der Waals surface area contributed by atoms with Crippen molar-refractivity contribution in [1.82, 2.24) is 0 Å². The number of aliphatic hydroxyl groups is 1. The van der Waals surface area contributed by atoms with Crippen LogP contribution in [0.15, 0.2) is 18.2 Å². The van der Waals surface area contributed by atoms with Gasteiger partial charge in [-0.25, -0.2) is 4.39 Å². The van der Waals surface area contributed by atoms with Crippen molar-refractivity contribution in [3.05, 3.63) is 29.6 Å². The molecule has 5 heteroatoms. The number of carbonyl (C=O) groups is 1. The van der Waals surface area contributed by atoms with E-state index in [-0.39, 0.29) is 6.54 Å². The first kappa shape index (κ1) is 13.4. The van der Waals surface area contributed by atoms with Crippen LogP contribution in [0.1, 0.15) is 25.5 Å². The smallest absolute Gasteiger partial charge is 0.236 e. The summed E-state index contributed by atoms with van der Waals surface area (Å²) in [6.45, 7) is 4.00. The minimum atomic E-state index is -0.803. The summed E-state index contributed by atoms with van der Waals surface area (Å²) in [7, 11) is 0. The number of nitrogens with two attached hydrogens (primary N) is 1. The lowest BCUT2D eigenvalue weighted by Gasteiger charge is -2.25. The summed E-state index contributed by atoms with van der Waals surface area (Å²) >= 11 is 0. The highest BCUT2D eigenvalue weighted by Gasteiger charge is 2.15. The first-order valence-electron chi connectivity index (χ1n) is 5.46. The second kappa shape index (κ2) is 5.63. The maximum atomic E-state index is 13.1. The Hall–Kier alpha value is -1.62. The molecule has 0 bridgehead atoms. The zero-order valence-electron chi connectivity index (χ0n) is 9.98. The predicted octanol–water partition coefficient (Wildman–Crippen LogP) is 1.19. The molecule has 0 spiro atoms. The highest BCUT2D eigenvalue weighted by atomic mass is 19.1. The van der Waals surface area contributed by atoms with Gasteiger partial charge < -0.3 is 15.7 Å². The topological polar surface area (TPSA) is 66.6 Å². The minimum Gasteiger partial charge on any atom is -0.389 e. The van der Waals surface area contributed by atoms with E-state index in [4.69, 9.17) is 5.73 Å². The molecule has 0 aliphatic carbocycles. The Morgan fingerprint density at radius 3 is 2.71 bits per heavy atom. The Bertz CT molecular complexity index is 407. The number of primary amides is 1. The molecule has 4 nitrogen and oxygen atoms in total. The van der Waals surface area contributed by atoms with Crippen LogP contribution in [0.5, 0.6) is 0 Å². The van der Waals surface area contributed by atoms with E-state index in [1.807, 2.05) is 6.92 Å². The van der Waals surface area contributed by atoms with Gasteiger partial charge in [-0.05, 0) is 32.0 Å². The maximum absolute atomic E-state index is 13.1. The van der Waals surface area contributed by atoms with Gasteiger partial charge in [0.25, 0.3) is 0 Å². The molecule has 94 valence electrons. The van der Waals surface area contributed by atoms with Gasteiger partial charge >= 0.3 is 0 Å². The van der Waals surface area contributed by atoms with E-state index in [1.165, 1.54) is 12.1 Å². The van der Waals surface area contributed by atoms with Crippen LogP contribution >= 0.6 is 0 Å². The normalized spacial score (nSPS) is 12.2. The molecule has 0 aromatic heterocycles. The highest BCUT2D eigenvalue weighted by Crippen LogP contribution is 2.27. The number of likely N-dealkylation sites (N-methyl/N-ethyl adjacent to an activating group) is 1. The van der Waals surface area contributed by atoms with Crippen molar-refractivity contribution < 1.29 is 14.3 Å². The van der Waals surface area contributed by atoms with Crippen molar-refractivity contribution in [3.63, 3.8) is 0 Å². The van der Waals surface area contributed by atoms with E-state index < -0.39 is 17.8 Å². The molecule has 17 heavy (non-hydrogen) atoms. The summed E-state index contributed by atoms with van der Waals surface area (Å²) < 4.78 is 13.1. The van der Waals surface area contributed by atoms with Crippen molar-refractivity contribution in [2.24, 2.45) is 5.73 Å². The largest absolute Gasteiger partial charge is 0.389 e. The van der Waals surface area contributed by atoms with Crippen LogP contribution in [0.25, 0.3) is 0 Å². The van der Waals surface area contributed by atoms with Crippen LogP contribution < -0.4 is 10.6 Å². The summed E-state index contributed by atoms with van der Waals surface area (Å²) in [4.78, 5) is 12.6. The molecule has 0 saturated heterocycles. The van der Waals surface area contributed by atoms with E-state index in [9.17, 15) is 14.3 Å². The Kier molecular flexibility index (Phi) is 4.45. The average molecular weight is 240 g/mol. The van der Waals surface area contributed by atoms with Gasteiger partial charge in [-0.15, -0.1) is 0 Å². The number of hydrogen-bond donors (Lipinski definition) is 2. The van der Waals surface area contributed by atoms with Gasteiger partial charge in [0.2, 0.25) is 5.91 Å². The molecule has 1 amide bonds. The average Bonchev–Trinajstić information content (AvgIpc) is 2.25. The predicted molar refractivity (Wildman–Crippen MR) is 64.1 cm³/mol. The van der Waals surface area contributed by atoms with Crippen LogP contribution in [0, 0.1) is 5.82 Å². The molecule has 0 aliphatic heterocycles. The Morgan fingerprint density at radius 1 is 1.59 bits per heavy atom. The molecule has 1 atom stereocenters. The van der Waals surface area contributed by atoms with Gasteiger partial charge in [-0.3, -0.25) is 4.79 Å². The number of nitrogens with zero attached hydrogens (tertiary/aromatic N) is 1. The molecule has 3 N–H and O–H groups in total. The number of aliphatic hydroxyl groups excluding tert-OH is 1. The van der Waals surface area contributed by atoms with Crippen molar-refractivity contribution in [2.75, 3.05) is 18.0 Å². The van der Waals surface area contributed by atoms with E-state index in [0.29, 0.717) is 17.8 Å². The lowest BCUT2D eigenvalue weighted by atomic mass is 10.1. The monoisotopic (exact) mass is 240 g/mol.